The molecular formula is C10H11N3O2S. The van der Waals surface area contributed by atoms with E-state index >= 15 is 0 Å². The first-order valence-corrected chi connectivity index (χ1v) is 5.65. The second-order valence-electron chi connectivity index (χ2n) is 3.10. The third-order valence-electron chi connectivity index (χ3n) is 1.91. The molecule has 0 saturated carbocycles. The highest BCUT2D eigenvalue weighted by Crippen LogP contribution is 2.28. The number of benzene rings is 1. The molecule has 2 N–H and O–H groups in total. The number of nitriles is 1. The fraction of sp³-hybridized carbons (Fsp3) is 0.300. The van der Waals surface area contributed by atoms with Crippen LogP contribution in [0.4, 0.5) is 5.69 Å². The van der Waals surface area contributed by atoms with Gasteiger partial charge in [-0.15, -0.1) is 11.8 Å². The fourth-order valence-corrected chi connectivity index (χ4v) is 2.15. The number of hydrogen-bond donors (Lipinski definition) is 1. The Hall–Kier alpha value is -1.58. The first-order valence-electron chi connectivity index (χ1n) is 4.66. The summed E-state index contributed by atoms with van der Waals surface area (Å²) in [5, 5.41) is 19.2. The minimum absolute atomic E-state index is 0.0954. The van der Waals surface area contributed by atoms with Crippen molar-refractivity contribution in [2.75, 3.05) is 5.75 Å². The van der Waals surface area contributed by atoms with Crippen LogP contribution in [0, 0.1) is 21.4 Å². The van der Waals surface area contributed by atoms with E-state index in [0.29, 0.717) is 17.1 Å². The minimum atomic E-state index is -0.504. The summed E-state index contributed by atoms with van der Waals surface area (Å²) in [4.78, 5) is 10.9. The van der Waals surface area contributed by atoms with Crippen LogP contribution in [0.15, 0.2) is 29.2 Å². The van der Waals surface area contributed by atoms with Crippen molar-refractivity contribution in [1.82, 2.24) is 0 Å². The summed E-state index contributed by atoms with van der Waals surface area (Å²) in [5.41, 5.74) is 5.52. The highest BCUT2D eigenvalue weighted by Gasteiger charge is 2.12. The molecule has 0 spiro atoms. The lowest BCUT2D eigenvalue weighted by atomic mass is 10.3. The van der Waals surface area contributed by atoms with Gasteiger partial charge < -0.3 is 5.73 Å². The lowest BCUT2D eigenvalue weighted by Gasteiger charge is -2.03. The van der Waals surface area contributed by atoms with Crippen LogP contribution in [0.25, 0.3) is 0 Å². The highest BCUT2D eigenvalue weighted by molar-refractivity contribution is 7.99. The van der Waals surface area contributed by atoms with E-state index in [1.807, 2.05) is 6.07 Å². The molecule has 5 nitrogen and oxygen atoms in total. The number of rotatable bonds is 5. The van der Waals surface area contributed by atoms with Crippen molar-refractivity contribution >= 4 is 17.4 Å². The summed E-state index contributed by atoms with van der Waals surface area (Å²) in [6.45, 7) is 0. The SMILES string of the molecule is N#CC(N)CCSc1ccccc1[N+](=O)[O-]. The normalized spacial score (nSPS) is 11.8. The van der Waals surface area contributed by atoms with E-state index in [2.05, 4.69) is 0 Å². The predicted octanol–water partition coefficient (Wildman–Crippen LogP) is 1.93. The minimum Gasteiger partial charge on any atom is -0.316 e. The quantitative estimate of drug-likeness (QED) is 0.479. The van der Waals surface area contributed by atoms with Crippen LogP contribution in [-0.2, 0) is 0 Å². The van der Waals surface area contributed by atoms with E-state index in [4.69, 9.17) is 11.0 Å². The van der Waals surface area contributed by atoms with Crippen molar-refractivity contribution in [2.45, 2.75) is 17.4 Å². The molecule has 0 fully saturated rings. The Bertz CT molecular complexity index is 417. The summed E-state index contributed by atoms with van der Waals surface area (Å²) in [5.74, 6) is 0.597. The van der Waals surface area contributed by atoms with Gasteiger partial charge in [0.15, 0.2) is 0 Å². The maximum atomic E-state index is 10.7. The van der Waals surface area contributed by atoms with Gasteiger partial charge in [-0.25, -0.2) is 0 Å². The molecule has 1 aromatic carbocycles. The van der Waals surface area contributed by atoms with Crippen LogP contribution < -0.4 is 5.73 Å². The average molecular weight is 237 g/mol. The maximum absolute atomic E-state index is 10.7. The van der Waals surface area contributed by atoms with E-state index in [-0.39, 0.29) is 5.69 Å². The van der Waals surface area contributed by atoms with Crippen molar-refractivity contribution in [2.24, 2.45) is 5.73 Å². The van der Waals surface area contributed by atoms with Crippen molar-refractivity contribution in [1.29, 1.82) is 5.26 Å². The van der Waals surface area contributed by atoms with Gasteiger partial charge in [0.25, 0.3) is 5.69 Å². The molecule has 1 rings (SSSR count). The largest absolute Gasteiger partial charge is 0.316 e. The summed E-state index contributed by atoms with van der Waals surface area (Å²) in [6, 6.07) is 7.95. The van der Waals surface area contributed by atoms with Gasteiger partial charge in [-0.05, 0) is 12.5 Å². The number of nitro groups is 1. The van der Waals surface area contributed by atoms with Crippen molar-refractivity contribution in [3.8, 4) is 6.07 Å². The van der Waals surface area contributed by atoms with Crippen LogP contribution >= 0.6 is 11.8 Å². The Balaban J connectivity index is 2.61. The Labute approximate surface area is 97.4 Å². The molecule has 0 aromatic heterocycles. The van der Waals surface area contributed by atoms with Gasteiger partial charge in [-0.1, -0.05) is 12.1 Å². The van der Waals surface area contributed by atoms with Gasteiger partial charge in [-0.2, -0.15) is 5.26 Å². The van der Waals surface area contributed by atoms with Crippen LogP contribution in [0.1, 0.15) is 6.42 Å². The number of nitrogens with two attached hydrogens (primary N) is 1. The van der Waals surface area contributed by atoms with E-state index in [1.165, 1.54) is 17.8 Å². The van der Waals surface area contributed by atoms with E-state index in [1.54, 1.807) is 18.2 Å². The third kappa shape index (κ3) is 3.53. The molecule has 0 saturated heterocycles. The molecule has 0 bridgehead atoms. The molecule has 16 heavy (non-hydrogen) atoms. The summed E-state index contributed by atoms with van der Waals surface area (Å²) in [7, 11) is 0. The van der Waals surface area contributed by atoms with Gasteiger partial charge in [0.2, 0.25) is 0 Å². The molecule has 84 valence electrons. The van der Waals surface area contributed by atoms with Gasteiger partial charge in [0, 0.05) is 11.8 Å². The number of nitro benzene ring substituents is 1. The molecule has 0 aliphatic rings. The Morgan fingerprint density at radius 1 is 1.56 bits per heavy atom. The Morgan fingerprint density at radius 2 is 2.25 bits per heavy atom. The Kier molecular flexibility index (Phi) is 4.76. The number of hydrogen-bond acceptors (Lipinski definition) is 5. The van der Waals surface area contributed by atoms with Crippen molar-refractivity contribution < 1.29 is 4.92 Å². The van der Waals surface area contributed by atoms with Crippen LogP contribution in [-0.4, -0.2) is 16.7 Å². The third-order valence-corrected chi connectivity index (χ3v) is 3.01. The van der Waals surface area contributed by atoms with Crippen LogP contribution in [0.5, 0.6) is 0 Å². The summed E-state index contributed by atoms with van der Waals surface area (Å²) >= 11 is 1.35. The Morgan fingerprint density at radius 3 is 2.88 bits per heavy atom. The standard InChI is InChI=1S/C10H11N3O2S/c11-7-8(12)5-6-16-10-4-2-1-3-9(10)13(14)15/h1-4,8H,5-6,12H2. The lowest BCUT2D eigenvalue weighted by Crippen LogP contribution is -2.17. The summed E-state index contributed by atoms with van der Waals surface area (Å²) in [6.07, 6.45) is 0.521. The molecule has 0 radical (unpaired) electrons. The van der Waals surface area contributed by atoms with Gasteiger partial charge in [-0.3, -0.25) is 10.1 Å². The number of para-hydroxylation sites is 1. The highest BCUT2D eigenvalue weighted by atomic mass is 32.2. The monoisotopic (exact) mass is 237 g/mol. The van der Waals surface area contributed by atoms with Crippen LogP contribution in [0.3, 0.4) is 0 Å². The van der Waals surface area contributed by atoms with Crippen molar-refractivity contribution in [3.05, 3.63) is 34.4 Å². The molecular weight excluding hydrogens is 226 g/mol. The van der Waals surface area contributed by atoms with E-state index < -0.39 is 11.0 Å². The zero-order valence-corrected chi connectivity index (χ0v) is 9.31. The zero-order chi connectivity index (χ0) is 12.0. The van der Waals surface area contributed by atoms with Gasteiger partial charge >= 0.3 is 0 Å². The molecule has 1 unspecified atom stereocenters. The topological polar surface area (TPSA) is 93.0 Å². The summed E-state index contributed by atoms with van der Waals surface area (Å²) < 4.78 is 0. The van der Waals surface area contributed by atoms with Gasteiger partial charge in [0.1, 0.15) is 0 Å². The molecule has 0 amide bonds. The van der Waals surface area contributed by atoms with Crippen molar-refractivity contribution in [3.63, 3.8) is 0 Å². The molecule has 0 aliphatic carbocycles. The predicted molar refractivity (Wildman–Crippen MR) is 62.0 cm³/mol. The molecule has 0 aliphatic heterocycles. The first kappa shape index (κ1) is 12.5. The fourth-order valence-electron chi connectivity index (χ4n) is 1.09. The molecule has 1 aromatic rings. The second-order valence-corrected chi connectivity index (χ2v) is 4.23. The smallest absolute Gasteiger partial charge is 0.282 e. The maximum Gasteiger partial charge on any atom is 0.282 e. The molecule has 0 heterocycles. The number of thioether (sulfide) groups is 1. The van der Waals surface area contributed by atoms with E-state index in [9.17, 15) is 10.1 Å². The second kappa shape index (κ2) is 6.10. The molecule has 6 heteroatoms. The lowest BCUT2D eigenvalue weighted by molar-refractivity contribution is -0.387. The van der Waals surface area contributed by atoms with Crippen LogP contribution in [0.2, 0.25) is 0 Å². The first-order chi connectivity index (χ1) is 7.65. The average Bonchev–Trinajstić information content (AvgIpc) is 2.29. The van der Waals surface area contributed by atoms with E-state index in [0.717, 1.165) is 0 Å². The van der Waals surface area contributed by atoms with Gasteiger partial charge in [0.05, 0.1) is 21.9 Å². The molecule has 1 atom stereocenters. The number of nitrogens with zero attached hydrogens (tertiary/aromatic N) is 2. The zero-order valence-electron chi connectivity index (χ0n) is 8.50.